The van der Waals surface area contributed by atoms with Crippen LogP contribution in [0.2, 0.25) is 0 Å². The summed E-state index contributed by atoms with van der Waals surface area (Å²) in [6.07, 6.45) is 3.63. The first-order chi connectivity index (χ1) is 18.4. The highest BCUT2D eigenvalue weighted by atomic mass is 16.5. The van der Waals surface area contributed by atoms with Gasteiger partial charge in [-0.2, -0.15) is 0 Å². The minimum Gasteiger partial charge on any atom is -0.507 e. The topological polar surface area (TPSA) is 79.3 Å². The number of unbranched alkanes of at least 4 members (excludes halogenated alkanes) is 1. The number of ketones is 1. The fourth-order valence-corrected chi connectivity index (χ4v) is 4.63. The summed E-state index contributed by atoms with van der Waals surface area (Å²) in [4.78, 5) is 30.4. The molecule has 1 atom stereocenters. The van der Waals surface area contributed by atoms with Gasteiger partial charge in [-0.05, 0) is 80.9 Å². The normalized spacial score (nSPS) is 16.9. The molecule has 3 rings (SSSR count). The number of carbonyl (C=O) groups excluding carboxylic acids is 2. The molecule has 0 spiro atoms. The van der Waals surface area contributed by atoms with E-state index in [1.807, 2.05) is 31.2 Å². The second-order valence-corrected chi connectivity index (χ2v) is 9.52. The molecule has 38 heavy (non-hydrogen) atoms. The number of Topliss-reactive ketones (excluding diaryl/α,β-unsaturated/α-hetero) is 1. The number of hydrogen-bond acceptors (Lipinski definition) is 6. The number of likely N-dealkylation sites (tertiary alicyclic amines) is 1. The zero-order valence-electron chi connectivity index (χ0n) is 23.2. The van der Waals surface area contributed by atoms with Crippen molar-refractivity contribution >= 4 is 17.4 Å². The van der Waals surface area contributed by atoms with E-state index in [4.69, 9.17) is 9.47 Å². The number of rotatable bonds is 15. The molecule has 1 heterocycles. The third-order valence-electron chi connectivity index (χ3n) is 6.87. The standard InChI is InChI=1S/C31H42N2O5/c1-5-9-22-38-26-17-13-24(14-18-26)29(34)27-28(23-11-15-25(16-12-23)37-21-6-2)33(31(36)30(27)35)20-10-19-32(7-3)8-4/h11-18,28,34H,5-10,19-22H2,1-4H3. The molecule has 7 nitrogen and oxygen atoms in total. The largest absolute Gasteiger partial charge is 0.507 e. The Balaban J connectivity index is 1.95. The van der Waals surface area contributed by atoms with Gasteiger partial charge in [0.15, 0.2) is 0 Å². The van der Waals surface area contributed by atoms with Crippen molar-refractivity contribution in [3.05, 3.63) is 65.2 Å². The van der Waals surface area contributed by atoms with Gasteiger partial charge in [-0.25, -0.2) is 0 Å². The van der Waals surface area contributed by atoms with Crippen molar-refractivity contribution in [2.24, 2.45) is 0 Å². The Labute approximate surface area is 227 Å². The van der Waals surface area contributed by atoms with Gasteiger partial charge in [-0.1, -0.05) is 46.2 Å². The molecule has 2 aromatic carbocycles. The first-order valence-corrected chi connectivity index (χ1v) is 13.9. The fourth-order valence-electron chi connectivity index (χ4n) is 4.63. The van der Waals surface area contributed by atoms with Gasteiger partial charge in [0.25, 0.3) is 11.7 Å². The first-order valence-electron chi connectivity index (χ1n) is 13.9. The van der Waals surface area contributed by atoms with E-state index >= 15 is 0 Å². The third kappa shape index (κ3) is 7.16. The lowest BCUT2D eigenvalue weighted by Gasteiger charge is -2.27. The van der Waals surface area contributed by atoms with Crippen LogP contribution in [0.4, 0.5) is 0 Å². The molecule has 1 fully saturated rings. The number of hydrogen-bond donors (Lipinski definition) is 1. The number of aliphatic hydroxyl groups is 1. The Morgan fingerprint density at radius 1 is 0.842 bits per heavy atom. The first kappa shape index (κ1) is 29.2. The smallest absolute Gasteiger partial charge is 0.295 e. The minimum atomic E-state index is -0.674. The molecule has 1 amide bonds. The van der Waals surface area contributed by atoms with Gasteiger partial charge in [0.1, 0.15) is 17.3 Å². The van der Waals surface area contributed by atoms with Gasteiger partial charge in [-0.3, -0.25) is 9.59 Å². The van der Waals surface area contributed by atoms with Gasteiger partial charge in [0.05, 0.1) is 24.8 Å². The molecule has 0 aliphatic carbocycles. The second kappa shape index (κ2) is 14.6. The van der Waals surface area contributed by atoms with Crippen LogP contribution in [0.3, 0.4) is 0 Å². The van der Waals surface area contributed by atoms with Crippen LogP contribution in [0.15, 0.2) is 54.1 Å². The lowest BCUT2D eigenvalue weighted by molar-refractivity contribution is -0.140. The quantitative estimate of drug-likeness (QED) is 0.138. The molecular weight excluding hydrogens is 480 g/mol. The van der Waals surface area contributed by atoms with Crippen LogP contribution in [0.5, 0.6) is 11.5 Å². The maximum atomic E-state index is 13.3. The summed E-state index contributed by atoms with van der Waals surface area (Å²) in [6, 6.07) is 13.8. The zero-order valence-corrected chi connectivity index (χ0v) is 23.2. The lowest BCUT2D eigenvalue weighted by Crippen LogP contribution is -2.33. The molecule has 2 aromatic rings. The van der Waals surface area contributed by atoms with E-state index in [0.717, 1.165) is 56.6 Å². The van der Waals surface area contributed by atoms with E-state index in [9.17, 15) is 14.7 Å². The Bertz CT molecular complexity index is 1070. The number of benzene rings is 2. The predicted octanol–water partition coefficient (Wildman–Crippen LogP) is 5.81. The molecule has 7 heteroatoms. The average Bonchev–Trinajstić information content (AvgIpc) is 3.19. The molecule has 1 unspecified atom stereocenters. The number of ether oxygens (including phenoxy) is 2. The molecule has 1 saturated heterocycles. The van der Waals surface area contributed by atoms with Crippen LogP contribution in [-0.2, 0) is 9.59 Å². The van der Waals surface area contributed by atoms with Gasteiger partial charge >= 0.3 is 0 Å². The highest BCUT2D eigenvalue weighted by Crippen LogP contribution is 2.40. The highest BCUT2D eigenvalue weighted by molar-refractivity contribution is 6.46. The Hall–Kier alpha value is -3.32. The average molecular weight is 523 g/mol. The van der Waals surface area contributed by atoms with Crippen LogP contribution < -0.4 is 9.47 Å². The van der Waals surface area contributed by atoms with E-state index in [1.165, 1.54) is 0 Å². The van der Waals surface area contributed by atoms with Crippen LogP contribution in [0.1, 0.15) is 70.5 Å². The molecule has 1 aliphatic rings. The van der Waals surface area contributed by atoms with Crippen molar-refractivity contribution in [3.63, 3.8) is 0 Å². The van der Waals surface area contributed by atoms with E-state index < -0.39 is 17.7 Å². The Morgan fingerprint density at radius 3 is 2.03 bits per heavy atom. The molecule has 1 aliphatic heterocycles. The molecule has 0 saturated carbocycles. The summed E-state index contributed by atoms with van der Waals surface area (Å²) in [5.74, 6) is 0.0108. The van der Waals surface area contributed by atoms with Crippen LogP contribution in [0, 0.1) is 0 Å². The SMILES string of the molecule is CCCCOc1ccc(C(O)=C2C(=O)C(=O)N(CCCN(CC)CC)C2c2ccc(OCCC)cc2)cc1. The van der Waals surface area contributed by atoms with Crippen LogP contribution in [-0.4, -0.2) is 66.0 Å². The van der Waals surface area contributed by atoms with Crippen LogP contribution >= 0.6 is 0 Å². The van der Waals surface area contributed by atoms with Crippen LogP contribution in [0.25, 0.3) is 5.76 Å². The molecule has 206 valence electrons. The summed E-state index contributed by atoms with van der Waals surface area (Å²) >= 11 is 0. The summed E-state index contributed by atoms with van der Waals surface area (Å²) in [6.45, 7) is 12.7. The number of aliphatic hydroxyl groups excluding tert-OH is 1. The molecule has 0 bridgehead atoms. The van der Waals surface area contributed by atoms with Crippen molar-refractivity contribution in [3.8, 4) is 11.5 Å². The fraction of sp³-hybridized carbons (Fsp3) is 0.484. The minimum absolute atomic E-state index is 0.111. The summed E-state index contributed by atoms with van der Waals surface area (Å²) < 4.78 is 11.5. The highest BCUT2D eigenvalue weighted by Gasteiger charge is 2.45. The van der Waals surface area contributed by atoms with E-state index in [-0.39, 0.29) is 11.3 Å². The lowest BCUT2D eigenvalue weighted by atomic mass is 9.95. The van der Waals surface area contributed by atoms with Gasteiger partial charge in [-0.15, -0.1) is 0 Å². The molecule has 0 radical (unpaired) electrons. The maximum Gasteiger partial charge on any atom is 0.295 e. The Morgan fingerprint density at radius 2 is 1.45 bits per heavy atom. The monoisotopic (exact) mass is 522 g/mol. The van der Waals surface area contributed by atoms with Crippen molar-refractivity contribution in [2.45, 2.75) is 59.4 Å². The molecule has 0 aromatic heterocycles. The van der Waals surface area contributed by atoms with Gasteiger partial charge < -0.3 is 24.4 Å². The van der Waals surface area contributed by atoms with Gasteiger partial charge in [0, 0.05) is 12.1 Å². The van der Waals surface area contributed by atoms with E-state index in [0.29, 0.717) is 31.1 Å². The molecule has 1 N–H and O–H groups in total. The molecular formula is C31H42N2O5. The summed E-state index contributed by atoms with van der Waals surface area (Å²) in [7, 11) is 0. The summed E-state index contributed by atoms with van der Waals surface area (Å²) in [5.41, 5.74) is 1.35. The second-order valence-electron chi connectivity index (χ2n) is 9.52. The third-order valence-corrected chi connectivity index (χ3v) is 6.87. The van der Waals surface area contributed by atoms with Gasteiger partial charge in [0.2, 0.25) is 0 Å². The number of nitrogens with zero attached hydrogens (tertiary/aromatic N) is 2. The predicted molar refractivity (Wildman–Crippen MR) is 150 cm³/mol. The van der Waals surface area contributed by atoms with E-state index in [2.05, 4.69) is 25.7 Å². The van der Waals surface area contributed by atoms with Crippen molar-refractivity contribution in [2.75, 3.05) is 39.4 Å². The summed E-state index contributed by atoms with van der Waals surface area (Å²) in [5, 5.41) is 11.3. The van der Waals surface area contributed by atoms with E-state index in [1.54, 1.807) is 29.2 Å². The zero-order chi connectivity index (χ0) is 27.5. The van der Waals surface area contributed by atoms with Crippen molar-refractivity contribution < 1.29 is 24.2 Å². The Kier molecular flexibility index (Phi) is 11.2. The maximum absolute atomic E-state index is 13.3. The number of carbonyl (C=O) groups is 2. The van der Waals surface area contributed by atoms with Crippen molar-refractivity contribution in [1.29, 1.82) is 0 Å². The number of amides is 1. The van der Waals surface area contributed by atoms with Crippen molar-refractivity contribution in [1.82, 2.24) is 9.80 Å².